The largest absolute Gasteiger partial charge is 0.380 e. The van der Waals surface area contributed by atoms with Crippen LogP contribution in [-0.2, 0) is 32.7 Å². The van der Waals surface area contributed by atoms with Gasteiger partial charge in [-0.05, 0) is 36.2 Å². The van der Waals surface area contributed by atoms with Crippen LogP contribution in [0.4, 0.5) is 5.69 Å². The molecule has 0 aromatic heterocycles. The molecule has 2 aromatic carbocycles. The van der Waals surface area contributed by atoms with E-state index >= 15 is 0 Å². The molecule has 0 amide bonds. The number of sulfonamides is 1. The Kier molecular flexibility index (Phi) is 5.76. The summed E-state index contributed by atoms with van der Waals surface area (Å²) < 4.78 is 37.9. The van der Waals surface area contributed by atoms with Crippen molar-refractivity contribution in [3.8, 4) is 0 Å². The number of anilines is 1. The molecule has 1 N–H and O–H groups in total. The standard InChI is InChI=1S/C17H21NO4S/c1-13-4-7-15(12-22-3)17(10-13)18-23(19,20)16-8-5-14(6-9-16)11-21-2/h4-10,18H,11-12H2,1-3H3. The van der Waals surface area contributed by atoms with Gasteiger partial charge >= 0.3 is 0 Å². The summed E-state index contributed by atoms with van der Waals surface area (Å²) in [5, 5.41) is 0. The Balaban J connectivity index is 2.29. The summed E-state index contributed by atoms with van der Waals surface area (Å²) in [4.78, 5) is 0.210. The van der Waals surface area contributed by atoms with Gasteiger partial charge in [-0.15, -0.1) is 0 Å². The Morgan fingerprint density at radius 1 is 0.957 bits per heavy atom. The van der Waals surface area contributed by atoms with E-state index in [0.717, 1.165) is 16.7 Å². The van der Waals surface area contributed by atoms with Crippen LogP contribution in [0.15, 0.2) is 47.4 Å². The normalized spacial score (nSPS) is 11.4. The van der Waals surface area contributed by atoms with Crippen molar-refractivity contribution < 1.29 is 17.9 Å². The van der Waals surface area contributed by atoms with Crippen molar-refractivity contribution in [1.82, 2.24) is 0 Å². The number of hydrogen-bond donors (Lipinski definition) is 1. The second-order valence-electron chi connectivity index (χ2n) is 5.28. The molecule has 0 radical (unpaired) electrons. The summed E-state index contributed by atoms with van der Waals surface area (Å²) in [6.45, 7) is 2.70. The Labute approximate surface area is 137 Å². The lowest BCUT2D eigenvalue weighted by Gasteiger charge is -2.13. The monoisotopic (exact) mass is 335 g/mol. The molecule has 0 saturated carbocycles. The maximum absolute atomic E-state index is 12.6. The van der Waals surface area contributed by atoms with Crippen molar-refractivity contribution in [3.05, 3.63) is 59.2 Å². The lowest BCUT2D eigenvalue weighted by atomic mass is 10.1. The van der Waals surface area contributed by atoms with Crippen molar-refractivity contribution in [2.24, 2.45) is 0 Å². The average molecular weight is 335 g/mol. The molecule has 0 aliphatic heterocycles. The predicted molar refractivity (Wildman–Crippen MR) is 89.9 cm³/mol. The van der Waals surface area contributed by atoms with Crippen molar-refractivity contribution in [2.45, 2.75) is 25.0 Å². The Morgan fingerprint density at radius 2 is 1.61 bits per heavy atom. The van der Waals surface area contributed by atoms with Gasteiger partial charge in [0.05, 0.1) is 23.8 Å². The summed E-state index contributed by atoms with van der Waals surface area (Å²) in [5.41, 5.74) is 3.21. The minimum absolute atomic E-state index is 0.210. The lowest BCUT2D eigenvalue weighted by molar-refractivity contribution is 0.185. The van der Waals surface area contributed by atoms with Gasteiger partial charge in [0.15, 0.2) is 0 Å². The molecule has 0 bridgehead atoms. The molecule has 0 aliphatic carbocycles. The third-order valence-electron chi connectivity index (χ3n) is 3.35. The van der Waals surface area contributed by atoms with E-state index in [9.17, 15) is 8.42 Å². The third-order valence-corrected chi connectivity index (χ3v) is 4.74. The zero-order valence-corrected chi connectivity index (χ0v) is 14.3. The number of rotatable bonds is 7. The molecule has 5 nitrogen and oxygen atoms in total. The molecule has 0 spiro atoms. The van der Waals surface area contributed by atoms with Crippen LogP contribution in [0, 0.1) is 6.92 Å². The van der Waals surface area contributed by atoms with Gasteiger partial charge in [-0.2, -0.15) is 0 Å². The smallest absolute Gasteiger partial charge is 0.261 e. The summed E-state index contributed by atoms with van der Waals surface area (Å²) in [6.07, 6.45) is 0. The van der Waals surface area contributed by atoms with Crippen LogP contribution in [0.5, 0.6) is 0 Å². The third kappa shape index (κ3) is 4.54. The predicted octanol–water partition coefficient (Wildman–Crippen LogP) is 3.09. The van der Waals surface area contributed by atoms with Crippen LogP contribution in [0.25, 0.3) is 0 Å². The molecular formula is C17H21NO4S. The first-order chi connectivity index (χ1) is 11.0. The lowest BCUT2D eigenvalue weighted by Crippen LogP contribution is -2.14. The number of hydrogen-bond acceptors (Lipinski definition) is 4. The Bertz CT molecular complexity index is 755. The van der Waals surface area contributed by atoms with Gasteiger partial charge in [-0.25, -0.2) is 8.42 Å². The average Bonchev–Trinajstić information content (AvgIpc) is 2.51. The van der Waals surface area contributed by atoms with Crippen LogP contribution >= 0.6 is 0 Å². The maximum atomic E-state index is 12.6. The second-order valence-corrected chi connectivity index (χ2v) is 6.96. The van der Waals surface area contributed by atoms with Gasteiger partial charge in [-0.3, -0.25) is 4.72 Å². The highest BCUT2D eigenvalue weighted by Gasteiger charge is 2.16. The van der Waals surface area contributed by atoms with Gasteiger partial charge in [0, 0.05) is 19.8 Å². The van der Waals surface area contributed by atoms with E-state index in [1.165, 1.54) is 0 Å². The highest BCUT2D eigenvalue weighted by atomic mass is 32.2. The molecule has 0 atom stereocenters. The molecule has 2 rings (SSSR count). The van der Waals surface area contributed by atoms with Crippen LogP contribution in [0.1, 0.15) is 16.7 Å². The zero-order valence-electron chi connectivity index (χ0n) is 13.5. The van der Waals surface area contributed by atoms with Crippen LogP contribution in [0.2, 0.25) is 0 Å². The number of aryl methyl sites for hydroxylation is 1. The molecule has 124 valence electrons. The fraction of sp³-hybridized carbons (Fsp3) is 0.294. The fourth-order valence-corrected chi connectivity index (χ4v) is 3.29. The molecule has 0 fully saturated rings. The van der Waals surface area contributed by atoms with Crippen molar-refractivity contribution in [3.63, 3.8) is 0 Å². The zero-order chi connectivity index (χ0) is 16.9. The van der Waals surface area contributed by atoms with E-state index in [-0.39, 0.29) is 4.90 Å². The number of ether oxygens (including phenoxy) is 2. The molecule has 2 aromatic rings. The molecule has 6 heteroatoms. The fourth-order valence-electron chi connectivity index (χ4n) is 2.20. The van der Waals surface area contributed by atoms with Crippen molar-refractivity contribution in [2.75, 3.05) is 18.9 Å². The van der Waals surface area contributed by atoms with E-state index in [0.29, 0.717) is 18.9 Å². The van der Waals surface area contributed by atoms with Gasteiger partial charge in [-0.1, -0.05) is 24.3 Å². The maximum Gasteiger partial charge on any atom is 0.261 e. The van der Waals surface area contributed by atoms with Gasteiger partial charge < -0.3 is 9.47 Å². The van der Waals surface area contributed by atoms with Crippen LogP contribution < -0.4 is 4.72 Å². The van der Waals surface area contributed by atoms with E-state index in [4.69, 9.17) is 9.47 Å². The first kappa shape index (κ1) is 17.5. The van der Waals surface area contributed by atoms with Crippen LogP contribution in [-0.4, -0.2) is 22.6 Å². The second kappa shape index (κ2) is 7.59. The Hall–Kier alpha value is -1.89. The molecule has 0 heterocycles. The summed E-state index contributed by atoms with van der Waals surface area (Å²) in [7, 11) is -0.474. The quantitative estimate of drug-likeness (QED) is 0.844. The van der Waals surface area contributed by atoms with Gasteiger partial charge in [0.25, 0.3) is 10.0 Å². The highest BCUT2D eigenvalue weighted by Crippen LogP contribution is 2.22. The summed E-state index contributed by atoms with van der Waals surface area (Å²) >= 11 is 0. The van der Waals surface area contributed by atoms with Crippen molar-refractivity contribution >= 4 is 15.7 Å². The first-order valence-electron chi connectivity index (χ1n) is 7.15. The molecular weight excluding hydrogens is 314 g/mol. The van der Waals surface area contributed by atoms with Gasteiger partial charge in [0.2, 0.25) is 0 Å². The minimum Gasteiger partial charge on any atom is -0.380 e. The molecule has 0 aliphatic rings. The minimum atomic E-state index is -3.65. The number of methoxy groups -OCH3 is 2. The Morgan fingerprint density at radius 3 is 2.22 bits per heavy atom. The van der Waals surface area contributed by atoms with Crippen LogP contribution in [0.3, 0.4) is 0 Å². The van der Waals surface area contributed by atoms with Gasteiger partial charge in [0.1, 0.15) is 0 Å². The summed E-state index contributed by atoms with van der Waals surface area (Å²) in [6, 6.07) is 12.2. The molecule has 0 unspecified atom stereocenters. The highest BCUT2D eigenvalue weighted by molar-refractivity contribution is 7.92. The topological polar surface area (TPSA) is 64.6 Å². The SMILES string of the molecule is COCc1ccc(S(=O)(=O)Nc2cc(C)ccc2COC)cc1. The van der Waals surface area contributed by atoms with E-state index in [2.05, 4.69) is 4.72 Å². The van der Waals surface area contributed by atoms with E-state index < -0.39 is 10.0 Å². The van der Waals surface area contributed by atoms with Crippen molar-refractivity contribution in [1.29, 1.82) is 0 Å². The summed E-state index contributed by atoms with van der Waals surface area (Å²) in [5.74, 6) is 0. The number of nitrogens with one attached hydrogen (secondary N) is 1. The number of benzene rings is 2. The molecule has 0 saturated heterocycles. The van der Waals surface area contributed by atoms with E-state index in [1.54, 1.807) is 44.6 Å². The van der Waals surface area contributed by atoms with E-state index in [1.807, 2.05) is 19.1 Å². The molecule has 23 heavy (non-hydrogen) atoms. The first-order valence-corrected chi connectivity index (χ1v) is 8.64.